The number of hydrogen-bond acceptors (Lipinski definition) is 5. The van der Waals surface area contributed by atoms with Crippen molar-refractivity contribution in [1.82, 2.24) is 4.98 Å². The molecule has 5 nitrogen and oxygen atoms in total. The van der Waals surface area contributed by atoms with Crippen molar-refractivity contribution >= 4 is 28.9 Å². The summed E-state index contributed by atoms with van der Waals surface area (Å²) in [5.41, 5.74) is 4.21. The number of hydrogen-bond donors (Lipinski definition) is 1. The van der Waals surface area contributed by atoms with E-state index in [1.54, 1.807) is 35.6 Å². The van der Waals surface area contributed by atoms with Crippen molar-refractivity contribution in [3.63, 3.8) is 0 Å². The molecule has 0 unspecified atom stereocenters. The van der Waals surface area contributed by atoms with Crippen molar-refractivity contribution < 1.29 is 14.3 Å². The van der Waals surface area contributed by atoms with Crippen LogP contribution in [0.25, 0.3) is 21.8 Å². The molecule has 4 rings (SSSR count). The fourth-order valence-electron chi connectivity index (χ4n) is 3.12. The number of aromatic nitrogens is 1. The molecule has 0 saturated heterocycles. The number of rotatable bonds is 5. The van der Waals surface area contributed by atoms with Gasteiger partial charge in [-0.05, 0) is 43.3 Å². The van der Waals surface area contributed by atoms with Crippen LogP contribution in [0.5, 0.6) is 5.75 Å². The van der Waals surface area contributed by atoms with E-state index in [1.807, 2.05) is 42.5 Å². The van der Waals surface area contributed by atoms with E-state index in [0.717, 1.165) is 26.7 Å². The summed E-state index contributed by atoms with van der Waals surface area (Å²) in [6.45, 7) is 3.40. The van der Waals surface area contributed by atoms with E-state index in [4.69, 9.17) is 9.72 Å². The molecule has 154 valence electrons. The van der Waals surface area contributed by atoms with Crippen molar-refractivity contribution in [2.75, 3.05) is 5.32 Å². The quantitative estimate of drug-likeness (QED) is 0.314. The highest BCUT2D eigenvalue weighted by Crippen LogP contribution is 2.33. The second kappa shape index (κ2) is 8.93. The van der Waals surface area contributed by atoms with Crippen molar-refractivity contribution in [2.24, 2.45) is 0 Å². The van der Waals surface area contributed by atoms with Crippen molar-refractivity contribution in [1.29, 1.82) is 0 Å². The first-order valence-corrected chi connectivity index (χ1v) is 10.5. The lowest BCUT2D eigenvalue weighted by Crippen LogP contribution is -2.11. The fraction of sp³-hybridized carbons (Fsp3) is 0.0800. The Kier molecular flexibility index (Phi) is 5.91. The minimum Gasteiger partial charge on any atom is -0.427 e. The Morgan fingerprint density at radius 1 is 0.871 bits per heavy atom. The molecule has 0 aliphatic carbocycles. The predicted molar refractivity (Wildman–Crippen MR) is 123 cm³/mol. The molecule has 1 heterocycles. The van der Waals surface area contributed by atoms with Gasteiger partial charge in [0.15, 0.2) is 0 Å². The second-order valence-electron chi connectivity index (χ2n) is 6.94. The molecule has 4 aromatic rings. The van der Waals surface area contributed by atoms with Gasteiger partial charge in [-0.3, -0.25) is 9.59 Å². The van der Waals surface area contributed by atoms with E-state index >= 15 is 0 Å². The predicted octanol–water partition coefficient (Wildman–Crippen LogP) is 5.96. The topological polar surface area (TPSA) is 68.3 Å². The fourth-order valence-corrected chi connectivity index (χ4v) is 4.06. The molecule has 0 fully saturated rings. The Labute approximate surface area is 184 Å². The summed E-state index contributed by atoms with van der Waals surface area (Å²) in [4.78, 5) is 29.4. The minimum absolute atomic E-state index is 0.238. The van der Waals surface area contributed by atoms with Crippen LogP contribution in [-0.2, 0) is 4.79 Å². The van der Waals surface area contributed by atoms with Gasteiger partial charge in [-0.2, -0.15) is 0 Å². The van der Waals surface area contributed by atoms with Gasteiger partial charge in [-0.25, -0.2) is 4.98 Å². The van der Waals surface area contributed by atoms with E-state index in [9.17, 15) is 9.59 Å². The van der Waals surface area contributed by atoms with E-state index < -0.39 is 5.97 Å². The lowest BCUT2D eigenvalue weighted by molar-refractivity contribution is -0.131. The monoisotopic (exact) mass is 428 g/mol. The van der Waals surface area contributed by atoms with Crippen LogP contribution >= 0.6 is 11.3 Å². The number of amides is 1. The first kappa shape index (κ1) is 20.5. The lowest BCUT2D eigenvalue weighted by Gasteiger charge is -2.07. The molecule has 31 heavy (non-hydrogen) atoms. The van der Waals surface area contributed by atoms with Gasteiger partial charge in [-0.15, -0.1) is 11.3 Å². The highest BCUT2D eigenvalue weighted by atomic mass is 32.1. The molecule has 1 aromatic heterocycles. The summed E-state index contributed by atoms with van der Waals surface area (Å²) < 4.78 is 4.99. The highest BCUT2D eigenvalue weighted by Gasteiger charge is 2.12. The number of nitrogens with zero attached hydrogens (tertiary/aromatic N) is 1. The smallest absolute Gasteiger partial charge is 0.308 e. The Bertz CT molecular complexity index is 1210. The number of benzene rings is 3. The standard InChI is InChI=1S/C25H20N2O3S/c1-16-23(27-25(31-16)20-6-4-3-5-7-20)18-8-12-21(13-9-18)26-24(29)19-10-14-22(15-11-19)30-17(2)28/h3-15H,1-2H3,(H,26,29). The van der Waals surface area contributed by atoms with Gasteiger partial charge in [0.2, 0.25) is 0 Å². The molecule has 0 saturated carbocycles. The zero-order valence-electron chi connectivity index (χ0n) is 17.1. The molecule has 1 N–H and O–H groups in total. The maximum Gasteiger partial charge on any atom is 0.308 e. The molecule has 3 aromatic carbocycles. The van der Waals surface area contributed by atoms with Gasteiger partial charge in [0, 0.05) is 34.2 Å². The molecule has 0 aliphatic rings. The second-order valence-corrected chi connectivity index (χ2v) is 8.14. The number of esters is 1. The zero-order chi connectivity index (χ0) is 21.8. The SMILES string of the molecule is CC(=O)Oc1ccc(C(=O)Nc2ccc(-c3nc(-c4ccccc4)sc3C)cc2)cc1. The molecule has 0 atom stereocenters. The minimum atomic E-state index is -0.400. The summed E-state index contributed by atoms with van der Waals surface area (Å²) >= 11 is 1.67. The maximum atomic E-state index is 12.5. The van der Waals surface area contributed by atoms with Crippen molar-refractivity contribution in [3.8, 4) is 27.6 Å². The van der Waals surface area contributed by atoms with Gasteiger partial charge in [0.25, 0.3) is 5.91 Å². The molecular weight excluding hydrogens is 408 g/mol. The van der Waals surface area contributed by atoms with Gasteiger partial charge >= 0.3 is 5.97 Å². The number of carbonyl (C=O) groups is 2. The van der Waals surface area contributed by atoms with Crippen molar-refractivity contribution in [3.05, 3.63) is 89.3 Å². The number of aryl methyl sites for hydroxylation is 1. The highest BCUT2D eigenvalue weighted by molar-refractivity contribution is 7.15. The van der Waals surface area contributed by atoms with Crippen LogP contribution in [0.3, 0.4) is 0 Å². The summed E-state index contributed by atoms with van der Waals surface area (Å²) in [5, 5.41) is 3.87. The van der Waals surface area contributed by atoms with E-state index in [-0.39, 0.29) is 5.91 Å². The number of thiazole rings is 1. The zero-order valence-corrected chi connectivity index (χ0v) is 17.9. The van der Waals surface area contributed by atoms with E-state index in [2.05, 4.69) is 24.4 Å². The Balaban J connectivity index is 1.47. The summed E-state index contributed by atoms with van der Waals surface area (Å²) in [6, 6.07) is 24.2. The molecule has 1 amide bonds. The van der Waals surface area contributed by atoms with Gasteiger partial charge in [-0.1, -0.05) is 42.5 Å². The van der Waals surface area contributed by atoms with Gasteiger partial charge < -0.3 is 10.1 Å². The largest absolute Gasteiger partial charge is 0.427 e. The Morgan fingerprint density at radius 3 is 2.19 bits per heavy atom. The first-order chi connectivity index (χ1) is 15.0. The van der Waals surface area contributed by atoms with E-state index in [1.165, 1.54) is 6.92 Å². The average Bonchev–Trinajstić information content (AvgIpc) is 3.16. The molecule has 0 radical (unpaired) electrons. The number of ether oxygens (including phenoxy) is 1. The number of nitrogens with one attached hydrogen (secondary N) is 1. The van der Waals surface area contributed by atoms with Crippen molar-refractivity contribution in [2.45, 2.75) is 13.8 Å². The summed E-state index contributed by atoms with van der Waals surface area (Å²) in [7, 11) is 0. The third-order valence-electron chi connectivity index (χ3n) is 4.61. The number of anilines is 1. The summed E-state index contributed by atoms with van der Waals surface area (Å²) in [5.74, 6) is -0.233. The van der Waals surface area contributed by atoms with Crippen LogP contribution in [0.15, 0.2) is 78.9 Å². The molecular formula is C25H20N2O3S. The Morgan fingerprint density at radius 2 is 1.55 bits per heavy atom. The van der Waals surface area contributed by atoms with Crippen LogP contribution in [0.1, 0.15) is 22.2 Å². The Hall–Kier alpha value is -3.77. The van der Waals surface area contributed by atoms with Crippen LogP contribution < -0.4 is 10.1 Å². The third kappa shape index (κ3) is 4.87. The van der Waals surface area contributed by atoms with E-state index in [0.29, 0.717) is 17.0 Å². The third-order valence-corrected chi connectivity index (χ3v) is 5.63. The normalized spacial score (nSPS) is 10.5. The van der Waals surface area contributed by atoms with Crippen LogP contribution in [0.2, 0.25) is 0 Å². The lowest BCUT2D eigenvalue weighted by atomic mass is 10.1. The van der Waals surface area contributed by atoms with Crippen LogP contribution in [-0.4, -0.2) is 16.9 Å². The first-order valence-electron chi connectivity index (χ1n) is 9.73. The van der Waals surface area contributed by atoms with Crippen LogP contribution in [0.4, 0.5) is 5.69 Å². The van der Waals surface area contributed by atoms with Crippen LogP contribution in [0, 0.1) is 6.92 Å². The molecule has 0 spiro atoms. The van der Waals surface area contributed by atoms with Gasteiger partial charge in [0.05, 0.1) is 5.69 Å². The molecule has 6 heteroatoms. The number of carbonyl (C=O) groups excluding carboxylic acids is 2. The molecule has 0 bridgehead atoms. The van der Waals surface area contributed by atoms with Gasteiger partial charge in [0.1, 0.15) is 10.8 Å². The molecule has 0 aliphatic heterocycles. The summed E-state index contributed by atoms with van der Waals surface area (Å²) in [6.07, 6.45) is 0. The maximum absolute atomic E-state index is 12.5. The average molecular weight is 429 g/mol.